The van der Waals surface area contributed by atoms with E-state index in [2.05, 4.69) is 43.4 Å². The summed E-state index contributed by atoms with van der Waals surface area (Å²) in [6.07, 6.45) is 4.06. The van der Waals surface area contributed by atoms with Crippen LogP contribution < -0.4 is 5.32 Å². The van der Waals surface area contributed by atoms with Crippen LogP contribution in [-0.4, -0.2) is 13.2 Å². The van der Waals surface area contributed by atoms with Crippen molar-refractivity contribution in [1.29, 1.82) is 0 Å². The highest BCUT2D eigenvalue weighted by molar-refractivity contribution is 5.26. The summed E-state index contributed by atoms with van der Waals surface area (Å²) in [5.74, 6) is 1.66. The second-order valence-corrected chi connectivity index (χ2v) is 6.08. The summed E-state index contributed by atoms with van der Waals surface area (Å²) in [6.45, 7) is 6.42. The van der Waals surface area contributed by atoms with E-state index in [1.54, 1.807) is 7.11 Å². The van der Waals surface area contributed by atoms with Crippen LogP contribution in [0.25, 0.3) is 0 Å². The van der Waals surface area contributed by atoms with E-state index in [4.69, 9.17) is 4.74 Å². The highest BCUT2D eigenvalue weighted by atomic mass is 16.5. The lowest BCUT2D eigenvalue weighted by molar-refractivity contribution is 0.183. The summed E-state index contributed by atoms with van der Waals surface area (Å²) in [4.78, 5) is 0. The van der Waals surface area contributed by atoms with Gasteiger partial charge in [0.1, 0.15) is 0 Å². The molecule has 1 aromatic carbocycles. The van der Waals surface area contributed by atoms with Crippen LogP contribution in [0.5, 0.6) is 0 Å². The van der Waals surface area contributed by atoms with Crippen LogP contribution in [0.2, 0.25) is 0 Å². The maximum Gasteiger partial charge on any atom is 0.0716 e. The summed E-state index contributed by atoms with van der Waals surface area (Å²) >= 11 is 0. The van der Waals surface area contributed by atoms with Gasteiger partial charge in [-0.05, 0) is 35.8 Å². The van der Waals surface area contributed by atoms with Crippen molar-refractivity contribution in [2.75, 3.05) is 7.11 Å². The lowest BCUT2D eigenvalue weighted by Crippen LogP contribution is -2.39. The van der Waals surface area contributed by atoms with Crippen LogP contribution >= 0.6 is 0 Å². The van der Waals surface area contributed by atoms with Gasteiger partial charge in [-0.1, -0.05) is 44.5 Å². The van der Waals surface area contributed by atoms with Crippen molar-refractivity contribution >= 4 is 0 Å². The summed E-state index contributed by atoms with van der Waals surface area (Å²) in [5, 5.41) is 3.76. The van der Waals surface area contributed by atoms with E-state index in [-0.39, 0.29) is 0 Å². The van der Waals surface area contributed by atoms with Crippen molar-refractivity contribution < 1.29 is 4.74 Å². The Balaban J connectivity index is 1.94. The Bertz CT molecular complexity index is 391. The molecule has 0 heterocycles. The molecule has 0 saturated heterocycles. The van der Waals surface area contributed by atoms with Crippen molar-refractivity contribution in [3.05, 3.63) is 35.4 Å². The zero-order valence-corrected chi connectivity index (χ0v) is 12.5. The fraction of sp³-hybridized carbons (Fsp3) is 0.647. The fourth-order valence-corrected chi connectivity index (χ4v) is 3.08. The predicted molar refractivity (Wildman–Crippen MR) is 80.0 cm³/mol. The average Bonchev–Trinajstić information content (AvgIpc) is 2.42. The van der Waals surface area contributed by atoms with Gasteiger partial charge in [0.15, 0.2) is 0 Å². The standard InChI is InChI=1S/C17H27NO/c1-13-8-9-14(2)17(10-13)18-11-15-6-4-5-7-16(15)12-19-3/h4-7,13-14,17-18H,8-12H2,1-3H3. The quantitative estimate of drug-likeness (QED) is 0.871. The van der Waals surface area contributed by atoms with Gasteiger partial charge >= 0.3 is 0 Å². The molecule has 106 valence electrons. The topological polar surface area (TPSA) is 21.3 Å². The minimum Gasteiger partial charge on any atom is -0.380 e. The zero-order valence-electron chi connectivity index (χ0n) is 12.5. The molecule has 0 spiro atoms. The summed E-state index contributed by atoms with van der Waals surface area (Å²) in [7, 11) is 1.76. The van der Waals surface area contributed by atoms with E-state index in [1.165, 1.54) is 30.4 Å². The number of ether oxygens (including phenoxy) is 1. The van der Waals surface area contributed by atoms with Gasteiger partial charge in [0.2, 0.25) is 0 Å². The molecule has 0 aliphatic heterocycles. The van der Waals surface area contributed by atoms with E-state index >= 15 is 0 Å². The van der Waals surface area contributed by atoms with Crippen LogP contribution in [0.4, 0.5) is 0 Å². The molecule has 1 saturated carbocycles. The molecule has 0 bridgehead atoms. The molecule has 3 atom stereocenters. The van der Waals surface area contributed by atoms with Crippen LogP contribution in [0.15, 0.2) is 24.3 Å². The van der Waals surface area contributed by atoms with Crippen molar-refractivity contribution in [2.45, 2.75) is 52.3 Å². The van der Waals surface area contributed by atoms with Gasteiger partial charge in [-0.25, -0.2) is 0 Å². The number of hydrogen-bond donors (Lipinski definition) is 1. The van der Waals surface area contributed by atoms with Crippen LogP contribution in [0.1, 0.15) is 44.2 Å². The average molecular weight is 261 g/mol. The van der Waals surface area contributed by atoms with E-state index in [0.29, 0.717) is 12.6 Å². The molecule has 1 aromatic rings. The summed E-state index contributed by atoms with van der Waals surface area (Å²) in [6, 6.07) is 9.23. The molecular weight excluding hydrogens is 234 g/mol. The molecule has 1 aliphatic rings. The molecular formula is C17H27NO. The number of nitrogens with one attached hydrogen (secondary N) is 1. The second kappa shape index (κ2) is 7.06. The Hall–Kier alpha value is -0.860. The minimum absolute atomic E-state index is 0.666. The SMILES string of the molecule is COCc1ccccc1CNC1CC(C)CCC1C. The van der Waals surface area contributed by atoms with Crippen molar-refractivity contribution in [2.24, 2.45) is 11.8 Å². The molecule has 3 unspecified atom stereocenters. The predicted octanol–water partition coefficient (Wildman–Crippen LogP) is 3.75. The molecule has 2 heteroatoms. The lowest BCUT2D eigenvalue weighted by Gasteiger charge is -2.33. The van der Waals surface area contributed by atoms with Gasteiger partial charge in [-0.2, -0.15) is 0 Å². The minimum atomic E-state index is 0.666. The van der Waals surface area contributed by atoms with E-state index in [0.717, 1.165) is 18.4 Å². The Morgan fingerprint density at radius 1 is 1.16 bits per heavy atom. The molecule has 2 rings (SSSR count). The highest BCUT2D eigenvalue weighted by Gasteiger charge is 2.24. The first kappa shape index (κ1) is 14.5. The Morgan fingerprint density at radius 3 is 2.63 bits per heavy atom. The first-order valence-electron chi connectivity index (χ1n) is 7.49. The normalized spacial score (nSPS) is 27.4. The van der Waals surface area contributed by atoms with Crippen LogP contribution in [-0.2, 0) is 17.9 Å². The molecule has 1 aliphatic carbocycles. The Labute approximate surface area is 117 Å². The third-order valence-electron chi connectivity index (χ3n) is 4.43. The first-order valence-corrected chi connectivity index (χ1v) is 7.49. The third-order valence-corrected chi connectivity index (χ3v) is 4.43. The van der Waals surface area contributed by atoms with Gasteiger partial charge in [-0.3, -0.25) is 0 Å². The molecule has 19 heavy (non-hydrogen) atoms. The monoisotopic (exact) mass is 261 g/mol. The molecule has 0 aromatic heterocycles. The van der Waals surface area contributed by atoms with E-state index < -0.39 is 0 Å². The molecule has 1 fully saturated rings. The maximum absolute atomic E-state index is 5.27. The van der Waals surface area contributed by atoms with E-state index in [1.807, 2.05) is 0 Å². The molecule has 2 nitrogen and oxygen atoms in total. The van der Waals surface area contributed by atoms with Gasteiger partial charge < -0.3 is 10.1 Å². The number of hydrogen-bond acceptors (Lipinski definition) is 2. The van der Waals surface area contributed by atoms with Crippen LogP contribution in [0.3, 0.4) is 0 Å². The van der Waals surface area contributed by atoms with Gasteiger partial charge in [-0.15, -0.1) is 0 Å². The number of methoxy groups -OCH3 is 1. The molecule has 0 amide bonds. The van der Waals surface area contributed by atoms with Gasteiger partial charge in [0.05, 0.1) is 6.61 Å². The second-order valence-electron chi connectivity index (χ2n) is 6.08. The van der Waals surface area contributed by atoms with Crippen molar-refractivity contribution in [3.8, 4) is 0 Å². The van der Waals surface area contributed by atoms with Gasteiger partial charge in [0, 0.05) is 19.7 Å². The highest BCUT2D eigenvalue weighted by Crippen LogP contribution is 2.28. The van der Waals surface area contributed by atoms with Crippen molar-refractivity contribution in [3.63, 3.8) is 0 Å². The summed E-state index contributed by atoms with van der Waals surface area (Å²) in [5.41, 5.74) is 2.67. The number of rotatable bonds is 5. The summed E-state index contributed by atoms with van der Waals surface area (Å²) < 4.78 is 5.27. The van der Waals surface area contributed by atoms with Crippen LogP contribution in [0, 0.1) is 11.8 Å². The maximum atomic E-state index is 5.27. The van der Waals surface area contributed by atoms with Crippen molar-refractivity contribution in [1.82, 2.24) is 5.32 Å². The smallest absolute Gasteiger partial charge is 0.0716 e. The van der Waals surface area contributed by atoms with Gasteiger partial charge in [0.25, 0.3) is 0 Å². The largest absolute Gasteiger partial charge is 0.380 e. The third kappa shape index (κ3) is 4.05. The molecule has 1 N–H and O–H groups in total. The Kier molecular flexibility index (Phi) is 5.41. The number of benzene rings is 1. The Morgan fingerprint density at radius 2 is 1.89 bits per heavy atom. The fourth-order valence-electron chi connectivity index (χ4n) is 3.08. The first-order chi connectivity index (χ1) is 9.20. The lowest BCUT2D eigenvalue weighted by atomic mass is 9.80. The molecule has 0 radical (unpaired) electrons. The zero-order chi connectivity index (χ0) is 13.7. The van der Waals surface area contributed by atoms with E-state index in [9.17, 15) is 0 Å².